The van der Waals surface area contributed by atoms with Crippen LogP contribution < -0.4 is 11.1 Å². The Morgan fingerprint density at radius 3 is 2.32 bits per heavy atom. The second-order valence-electron chi connectivity index (χ2n) is 7.05. The van der Waals surface area contributed by atoms with Gasteiger partial charge in [-0.05, 0) is 37.0 Å². The molecule has 0 aromatic carbocycles. The molecule has 0 aromatic heterocycles. The first kappa shape index (κ1) is 19.7. The van der Waals surface area contributed by atoms with Crippen LogP contribution in [0.4, 0.5) is 0 Å². The lowest BCUT2D eigenvalue weighted by Crippen LogP contribution is -2.46. The molecule has 2 fully saturated rings. The van der Waals surface area contributed by atoms with Crippen LogP contribution in [0.1, 0.15) is 51.4 Å². The Bertz CT molecular complexity index is 471. The predicted molar refractivity (Wildman–Crippen MR) is 90.8 cm³/mol. The molecule has 1 amide bonds. The first-order chi connectivity index (χ1) is 9.84. The lowest BCUT2D eigenvalue weighted by molar-refractivity contribution is -0.123. The smallest absolute Gasteiger partial charge is 0.220 e. The van der Waals surface area contributed by atoms with Crippen LogP contribution in [0.25, 0.3) is 0 Å². The van der Waals surface area contributed by atoms with Gasteiger partial charge in [0.25, 0.3) is 0 Å². The molecule has 0 saturated heterocycles. The number of hydrogen-bond acceptors (Lipinski definition) is 4. The van der Waals surface area contributed by atoms with Crippen LogP contribution in [0.2, 0.25) is 0 Å². The Labute approximate surface area is 140 Å². The maximum Gasteiger partial charge on any atom is 0.220 e. The van der Waals surface area contributed by atoms with Gasteiger partial charge in [-0.3, -0.25) is 4.79 Å². The summed E-state index contributed by atoms with van der Waals surface area (Å²) < 4.78 is 22.9. The Balaban J connectivity index is 0.00000242. The van der Waals surface area contributed by atoms with E-state index in [1.54, 1.807) is 0 Å². The monoisotopic (exact) mass is 352 g/mol. The van der Waals surface area contributed by atoms with Gasteiger partial charge in [0, 0.05) is 25.3 Å². The van der Waals surface area contributed by atoms with E-state index < -0.39 is 9.84 Å². The Kier molecular flexibility index (Phi) is 7.15. The van der Waals surface area contributed by atoms with Crippen LogP contribution in [-0.2, 0) is 14.6 Å². The zero-order valence-electron chi connectivity index (χ0n) is 13.3. The van der Waals surface area contributed by atoms with E-state index in [0.717, 1.165) is 25.7 Å². The van der Waals surface area contributed by atoms with Gasteiger partial charge in [0.05, 0.1) is 5.75 Å². The third kappa shape index (κ3) is 6.05. The molecule has 130 valence electrons. The standard InChI is InChI=1S/C15H28N2O3S.ClH/c1-21(19,20)11-15(7-8-15)9-14(18)17-13(10-16)12-5-3-2-4-6-12;/h12-13H,2-11,16H2,1H3,(H,17,18);1H. The number of amides is 1. The van der Waals surface area contributed by atoms with Crippen molar-refractivity contribution < 1.29 is 13.2 Å². The molecule has 0 radical (unpaired) electrons. The minimum absolute atomic E-state index is 0. The summed E-state index contributed by atoms with van der Waals surface area (Å²) in [5, 5.41) is 3.06. The third-order valence-electron chi connectivity index (χ3n) is 4.88. The van der Waals surface area contributed by atoms with Gasteiger partial charge in [-0.1, -0.05) is 19.3 Å². The molecule has 1 atom stereocenters. The van der Waals surface area contributed by atoms with Gasteiger partial charge in [-0.2, -0.15) is 0 Å². The third-order valence-corrected chi connectivity index (χ3v) is 6.02. The van der Waals surface area contributed by atoms with Gasteiger partial charge < -0.3 is 11.1 Å². The lowest BCUT2D eigenvalue weighted by Gasteiger charge is -2.30. The fraction of sp³-hybridized carbons (Fsp3) is 0.933. The summed E-state index contributed by atoms with van der Waals surface area (Å²) in [5.41, 5.74) is 5.52. The number of carbonyl (C=O) groups excluding carboxylic acids is 1. The first-order valence-electron chi connectivity index (χ1n) is 8.01. The fourth-order valence-corrected chi connectivity index (χ4v) is 5.11. The number of halogens is 1. The minimum Gasteiger partial charge on any atom is -0.352 e. The molecular weight excluding hydrogens is 324 g/mol. The van der Waals surface area contributed by atoms with Crippen molar-refractivity contribution in [1.29, 1.82) is 0 Å². The molecule has 0 spiro atoms. The van der Waals surface area contributed by atoms with E-state index >= 15 is 0 Å². The number of nitrogens with one attached hydrogen (secondary N) is 1. The molecule has 7 heteroatoms. The molecular formula is C15H29ClN2O3S. The van der Waals surface area contributed by atoms with Gasteiger partial charge in [-0.15, -0.1) is 12.4 Å². The Morgan fingerprint density at radius 2 is 1.86 bits per heavy atom. The summed E-state index contributed by atoms with van der Waals surface area (Å²) in [6.45, 7) is 0.468. The van der Waals surface area contributed by atoms with Crippen molar-refractivity contribution in [1.82, 2.24) is 5.32 Å². The normalized spacial score (nSPS) is 22.5. The molecule has 0 aliphatic heterocycles. The summed E-state index contributed by atoms with van der Waals surface area (Å²) in [5.74, 6) is 0.583. The maximum atomic E-state index is 12.2. The van der Waals surface area contributed by atoms with E-state index in [1.165, 1.54) is 25.5 Å². The van der Waals surface area contributed by atoms with Crippen molar-refractivity contribution in [2.24, 2.45) is 17.1 Å². The molecule has 22 heavy (non-hydrogen) atoms. The van der Waals surface area contributed by atoms with Gasteiger partial charge in [0.15, 0.2) is 0 Å². The summed E-state index contributed by atoms with van der Waals surface area (Å²) in [7, 11) is -3.02. The van der Waals surface area contributed by atoms with E-state index in [0.29, 0.717) is 18.9 Å². The zero-order chi connectivity index (χ0) is 15.5. The van der Waals surface area contributed by atoms with Gasteiger partial charge in [-0.25, -0.2) is 8.42 Å². The van der Waals surface area contributed by atoms with Crippen LogP contribution in [-0.4, -0.2) is 38.9 Å². The highest BCUT2D eigenvalue weighted by atomic mass is 35.5. The number of rotatable bonds is 7. The predicted octanol–water partition coefficient (Wildman–Crippen LogP) is 1.65. The summed E-state index contributed by atoms with van der Waals surface area (Å²) in [6.07, 6.45) is 9.23. The van der Waals surface area contributed by atoms with Crippen molar-refractivity contribution in [3.63, 3.8) is 0 Å². The highest BCUT2D eigenvalue weighted by molar-refractivity contribution is 7.90. The molecule has 2 rings (SSSR count). The summed E-state index contributed by atoms with van der Waals surface area (Å²) >= 11 is 0. The van der Waals surface area contributed by atoms with E-state index in [9.17, 15) is 13.2 Å². The maximum absolute atomic E-state index is 12.2. The van der Waals surface area contributed by atoms with Crippen LogP contribution in [0, 0.1) is 11.3 Å². The minimum atomic E-state index is -3.02. The number of hydrogen-bond donors (Lipinski definition) is 2. The van der Waals surface area contributed by atoms with E-state index in [-0.39, 0.29) is 35.5 Å². The SMILES string of the molecule is CS(=O)(=O)CC1(CC(=O)NC(CN)C2CCCCC2)CC1.Cl. The van der Waals surface area contributed by atoms with Gasteiger partial charge in [0.2, 0.25) is 5.91 Å². The van der Waals surface area contributed by atoms with E-state index in [4.69, 9.17) is 5.73 Å². The molecule has 0 bridgehead atoms. The molecule has 0 heterocycles. The topological polar surface area (TPSA) is 89.3 Å². The average Bonchev–Trinajstić information content (AvgIpc) is 3.13. The summed E-state index contributed by atoms with van der Waals surface area (Å²) in [4.78, 5) is 12.2. The van der Waals surface area contributed by atoms with Crippen LogP contribution in [0.15, 0.2) is 0 Å². The second kappa shape index (κ2) is 7.97. The molecule has 1 unspecified atom stereocenters. The molecule has 3 N–H and O–H groups in total. The van der Waals surface area contributed by atoms with Crippen molar-refractivity contribution in [2.45, 2.75) is 57.4 Å². The Morgan fingerprint density at radius 1 is 1.27 bits per heavy atom. The molecule has 2 saturated carbocycles. The largest absolute Gasteiger partial charge is 0.352 e. The molecule has 5 nitrogen and oxygen atoms in total. The quantitative estimate of drug-likeness (QED) is 0.729. The van der Waals surface area contributed by atoms with E-state index in [2.05, 4.69) is 5.32 Å². The van der Waals surface area contributed by atoms with Gasteiger partial charge >= 0.3 is 0 Å². The summed E-state index contributed by atoms with van der Waals surface area (Å²) in [6, 6.07) is 0.0480. The first-order valence-corrected chi connectivity index (χ1v) is 10.1. The Hall–Kier alpha value is -0.330. The average molecular weight is 353 g/mol. The zero-order valence-corrected chi connectivity index (χ0v) is 15.0. The number of sulfone groups is 1. The van der Waals surface area contributed by atoms with E-state index in [1.807, 2.05) is 0 Å². The number of nitrogens with two attached hydrogens (primary N) is 1. The second-order valence-corrected chi connectivity index (χ2v) is 9.19. The fourth-order valence-electron chi connectivity index (χ4n) is 3.61. The van der Waals surface area contributed by atoms with Crippen molar-refractivity contribution in [2.75, 3.05) is 18.6 Å². The highest BCUT2D eigenvalue weighted by Gasteiger charge is 2.46. The molecule has 0 aromatic rings. The van der Waals surface area contributed by atoms with Gasteiger partial charge in [0.1, 0.15) is 9.84 Å². The molecule has 2 aliphatic rings. The van der Waals surface area contributed by atoms with Crippen LogP contribution >= 0.6 is 12.4 Å². The van der Waals surface area contributed by atoms with Crippen molar-refractivity contribution in [3.8, 4) is 0 Å². The lowest BCUT2D eigenvalue weighted by atomic mass is 9.83. The van der Waals surface area contributed by atoms with Crippen LogP contribution in [0.5, 0.6) is 0 Å². The molecule has 2 aliphatic carbocycles. The van der Waals surface area contributed by atoms with Crippen LogP contribution in [0.3, 0.4) is 0 Å². The highest BCUT2D eigenvalue weighted by Crippen LogP contribution is 2.49. The van der Waals surface area contributed by atoms with Crippen molar-refractivity contribution in [3.05, 3.63) is 0 Å². The van der Waals surface area contributed by atoms with Crippen molar-refractivity contribution >= 4 is 28.2 Å². The number of carbonyl (C=O) groups is 1.